The number of halogens is 1. The minimum absolute atomic E-state index is 0.777. The minimum Gasteiger partial charge on any atom is -0.456 e. The van der Waals surface area contributed by atoms with Gasteiger partial charge < -0.3 is 4.42 Å². The summed E-state index contributed by atoms with van der Waals surface area (Å²) in [5, 5.41) is 1.91. The maximum absolute atomic E-state index is 6.01. The van der Waals surface area contributed by atoms with Gasteiger partial charge in [0, 0.05) is 10.4 Å². The molecule has 1 aromatic heterocycles. The zero-order chi connectivity index (χ0) is 18.5. The molecule has 132 valence electrons. The van der Waals surface area contributed by atoms with Crippen molar-refractivity contribution in [2.75, 3.05) is 0 Å². The van der Waals surface area contributed by atoms with Gasteiger partial charge in [0.15, 0.2) is 0 Å². The number of hydrogen-bond acceptors (Lipinski definition) is 1. The fourth-order valence-electron chi connectivity index (χ4n) is 2.93. The van der Waals surface area contributed by atoms with Crippen molar-refractivity contribution in [3.8, 4) is 0 Å². The van der Waals surface area contributed by atoms with E-state index in [2.05, 4.69) is 67.6 Å². The Morgan fingerprint density at radius 3 is 2.42 bits per heavy atom. The van der Waals surface area contributed by atoms with Gasteiger partial charge in [0.05, 0.1) is 0 Å². The average Bonchev–Trinajstić information content (AvgIpc) is 3.03. The second-order valence-electron chi connectivity index (χ2n) is 6.64. The SMILES string of the molecule is CC(=C/C=C(\C)c1cc2cc(Cc3ccccc3)ccc2o1)/C=C(\C)Cl. The molecule has 0 bridgehead atoms. The van der Waals surface area contributed by atoms with Crippen molar-refractivity contribution in [3.05, 3.63) is 100 Å². The summed E-state index contributed by atoms with van der Waals surface area (Å²) in [6.45, 7) is 5.97. The molecule has 0 spiro atoms. The fourth-order valence-corrected chi connectivity index (χ4v) is 3.10. The second kappa shape index (κ2) is 8.25. The molecule has 3 rings (SSSR count). The van der Waals surface area contributed by atoms with Gasteiger partial charge in [0.1, 0.15) is 11.3 Å². The molecule has 0 atom stereocenters. The van der Waals surface area contributed by atoms with Crippen LogP contribution in [0.4, 0.5) is 0 Å². The maximum Gasteiger partial charge on any atom is 0.134 e. The van der Waals surface area contributed by atoms with E-state index in [0.717, 1.165) is 39.3 Å². The molecule has 1 heterocycles. The van der Waals surface area contributed by atoms with E-state index in [4.69, 9.17) is 16.0 Å². The van der Waals surface area contributed by atoms with Crippen LogP contribution in [0.15, 0.2) is 87.8 Å². The molecule has 26 heavy (non-hydrogen) atoms. The number of allylic oxidation sites excluding steroid dienone is 6. The molecule has 0 fully saturated rings. The lowest BCUT2D eigenvalue weighted by atomic mass is 10.0. The van der Waals surface area contributed by atoms with Crippen LogP contribution in [0.1, 0.15) is 37.7 Å². The van der Waals surface area contributed by atoms with Crippen molar-refractivity contribution in [1.29, 1.82) is 0 Å². The first-order valence-electron chi connectivity index (χ1n) is 8.77. The van der Waals surface area contributed by atoms with Gasteiger partial charge in [0.25, 0.3) is 0 Å². The predicted molar refractivity (Wildman–Crippen MR) is 112 cm³/mol. The van der Waals surface area contributed by atoms with Crippen LogP contribution in [0.3, 0.4) is 0 Å². The Labute approximate surface area is 160 Å². The summed E-state index contributed by atoms with van der Waals surface area (Å²) in [5.41, 5.74) is 5.72. The Morgan fingerprint density at radius 1 is 0.923 bits per heavy atom. The molecular weight excluding hydrogens is 340 g/mol. The van der Waals surface area contributed by atoms with Crippen molar-refractivity contribution >= 4 is 28.1 Å². The van der Waals surface area contributed by atoms with E-state index in [1.165, 1.54) is 11.1 Å². The number of benzene rings is 2. The van der Waals surface area contributed by atoms with Crippen LogP contribution >= 0.6 is 11.6 Å². The molecule has 3 aromatic rings. The van der Waals surface area contributed by atoms with Gasteiger partial charge >= 0.3 is 0 Å². The Bertz CT molecular complexity index is 983. The molecule has 1 nitrogen and oxygen atoms in total. The zero-order valence-corrected chi connectivity index (χ0v) is 16.2. The molecule has 0 unspecified atom stereocenters. The summed E-state index contributed by atoms with van der Waals surface area (Å²) in [5.74, 6) is 0.896. The summed E-state index contributed by atoms with van der Waals surface area (Å²) in [4.78, 5) is 0. The molecule has 0 N–H and O–H groups in total. The van der Waals surface area contributed by atoms with Crippen molar-refractivity contribution < 1.29 is 4.42 Å². The predicted octanol–water partition coefficient (Wildman–Crippen LogP) is 7.52. The molecule has 0 radical (unpaired) electrons. The van der Waals surface area contributed by atoms with Gasteiger partial charge in [-0.25, -0.2) is 0 Å². The molecule has 0 amide bonds. The van der Waals surface area contributed by atoms with Gasteiger partial charge in [-0.2, -0.15) is 0 Å². The van der Waals surface area contributed by atoms with E-state index in [9.17, 15) is 0 Å². The lowest BCUT2D eigenvalue weighted by molar-refractivity contribution is 0.599. The van der Waals surface area contributed by atoms with E-state index < -0.39 is 0 Å². The second-order valence-corrected chi connectivity index (χ2v) is 7.23. The third-order valence-electron chi connectivity index (χ3n) is 4.24. The third kappa shape index (κ3) is 4.77. The number of hydrogen-bond donors (Lipinski definition) is 0. The largest absolute Gasteiger partial charge is 0.456 e. The molecule has 0 aliphatic heterocycles. The van der Waals surface area contributed by atoms with Crippen LogP contribution in [0, 0.1) is 0 Å². The van der Waals surface area contributed by atoms with Crippen LogP contribution in [0.2, 0.25) is 0 Å². The summed E-state index contributed by atoms with van der Waals surface area (Å²) >= 11 is 5.91. The Morgan fingerprint density at radius 2 is 1.69 bits per heavy atom. The quantitative estimate of drug-likeness (QED) is 0.428. The van der Waals surface area contributed by atoms with Crippen LogP contribution in [-0.4, -0.2) is 0 Å². The van der Waals surface area contributed by atoms with Gasteiger partial charge in [-0.05, 0) is 73.7 Å². The number of furan rings is 1. The smallest absolute Gasteiger partial charge is 0.134 e. The van der Waals surface area contributed by atoms with Crippen LogP contribution in [0.5, 0.6) is 0 Å². The highest BCUT2D eigenvalue weighted by Gasteiger charge is 2.06. The van der Waals surface area contributed by atoms with Gasteiger partial charge in [0.2, 0.25) is 0 Å². The molecule has 0 aliphatic carbocycles. The summed E-state index contributed by atoms with van der Waals surface area (Å²) in [7, 11) is 0. The number of fused-ring (bicyclic) bond motifs is 1. The Hall–Kier alpha value is -2.51. The molecule has 0 saturated heterocycles. The number of rotatable bonds is 5. The highest BCUT2D eigenvalue weighted by molar-refractivity contribution is 6.29. The monoisotopic (exact) mass is 362 g/mol. The topological polar surface area (TPSA) is 13.1 Å². The standard InChI is InChI=1S/C24H23ClO/c1-17(13-19(3)25)9-10-18(2)24-16-22-15-21(11-12-23(22)26-24)14-20-7-5-4-6-8-20/h4-13,15-16H,14H2,1-3H3/b17-9-,18-10+,19-13+. The van der Waals surface area contributed by atoms with E-state index in [-0.39, 0.29) is 0 Å². The lowest BCUT2D eigenvalue weighted by Gasteiger charge is -2.01. The van der Waals surface area contributed by atoms with Crippen LogP contribution in [-0.2, 0) is 6.42 Å². The van der Waals surface area contributed by atoms with E-state index >= 15 is 0 Å². The van der Waals surface area contributed by atoms with Gasteiger partial charge in [-0.3, -0.25) is 0 Å². The molecule has 0 aliphatic rings. The van der Waals surface area contributed by atoms with Gasteiger partial charge in [-0.15, -0.1) is 0 Å². The third-order valence-corrected chi connectivity index (χ3v) is 4.35. The summed E-state index contributed by atoms with van der Waals surface area (Å²) in [6.07, 6.45) is 6.99. The fraction of sp³-hybridized carbons (Fsp3) is 0.167. The lowest BCUT2D eigenvalue weighted by Crippen LogP contribution is -1.86. The van der Waals surface area contributed by atoms with Crippen molar-refractivity contribution in [3.63, 3.8) is 0 Å². The average molecular weight is 363 g/mol. The zero-order valence-electron chi connectivity index (χ0n) is 15.4. The molecular formula is C24H23ClO. The molecule has 2 heteroatoms. The Balaban J connectivity index is 1.84. The first kappa shape index (κ1) is 18.3. The van der Waals surface area contributed by atoms with Crippen molar-refractivity contribution in [2.24, 2.45) is 0 Å². The Kier molecular flexibility index (Phi) is 5.80. The minimum atomic E-state index is 0.777. The van der Waals surface area contributed by atoms with E-state index in [0.29, 0.717) is 0 Å². The maximum atomic E-state index is 6.01. The first-order chi connectivity index (χ1) is 12.5. The molecule has 2 aromatic carbocycles. The van der Waals surface area contributed by atoms with Crippen molar-refractivity contribution in [2.45, 2.75) is 27.2 Å². The first-order valence-corrected chi connectivity index (χ1v) is 9.15. The summed E-state index contributed by atoms with van der Waals surface area (Å²) < 4.78 is 6.01. The van der Waals surface area contributed by atoms with E-state index in [1.54, 1.807) is 0 Å². The van der Waals surface area contributed by atoms with Crippen LogP contribution in [0.25, 0.3) is 16.5 Å². The highest BCUT2D eigenvalue weighted by atomic mass is 35.5. The van der Waals surface area contributed by atoms with Crippen molar-refractivity contribution in [1.82, 2.24) is 0 Å². The highest BCUT2D eigenvalue weighted by Crippen LogP contribution is 2.26. The van der Waals surface area contributed by atoms with Gasteiger partial charge in [-0.1, -0.05) is 60.2 Å². The molecule has 0 saturated carbocycles. The van der Waals surface area contributed by atoms with Crippen LogP contribution < -0.4 is 0 Å². The normalized spacial score (nSPS) is 13.5. The van der Waals surface area contributed by atoms with E-state index in [1.807, 2.05) is 26.0 Å². The summed E-state index contributed by atoms with van der Waals surface area (Å²) in [6, 6.07) is 19.0.